The van der Waals surface area contributed by atoms with Gasteiger partial charge in [-0.1, -0.05) is 30.3 Å². The molecule has 122 valence electrons. The van der Waals surface area contributed by atoms with Crippen molar-refractivity contribution in [1.29, 1.82) is 0 Å². The van der Waals surface area contributed by atoms with Crippen LogP contribution in [-0.2, 0) is 5.54 Å². The van der Waals surface area contributed by atoms with E-state index in [0.717, 1.165) is 24.3 Å². The highest BCUT2D eigenvalue weighted by molar-refractivity contribution is 5.47. The van der Waals surface area contributed by atoms with E-state index in [-0.39, 0.29) is 0 Å². The predicted molar refractivity (Wildman–Crippen MR) is 91.1 cm³/mol. The van der Waals surface area contributed by atoms with Crippen LogP contribution in [0.1, 0.15) is 12.0 Å². The van der Waals surface area contributed by atoms with E-state index < -0.39 is 11.6 Å². The Labute approximate surface area is 136 Å². The van der Waals surface area contributed by atoms with E-state index in [4.69, 9.17) is 5.73 Å². The molecule has 0 bridgehead atoms. The standard InChI is InChI=1S/C17H23N5O/c1-21(2)17(13-6-4-3-5-7-13)8-9-22(11-14(17)23)16-10-15(18)19-12-20-16/h3-7,10,12,14,23H,8-9,11H2,1-2H3,(H2,18,19,20)/t14-,17+/m1/s1. The number of nitrogens with two attached hydrogens (primary N) is 1. The van der Waals surface area contributed by atoms with Gasteiger partial charge in [0, 0.05) is 19.2 Å². The van der Waals surface area contributed by atoms with Gasteiger partial charge >= 0.3 is 0 Å². The van der Waals surface area contributed by atoms with Crippen molar-refractivity contribution in [1.82, 2.24) is 14.9 Å². The van der Waals surface area contributed by atoms with Crippen molar-refractivity contribution in [2.24, 2.45) is 0 Å². The topological polar surface area (TPSA) is 78.5 Å². The Morgan fingerprint density at radius 3 is 2.61 bits per heavy atom. The lowest BCUT2D eigenvalue weighted by atomic mass is 9.77. The highest BCUT2D eigenvalue weighted by atomic mass is 16.3. The van der Waals surface area contributed by atoms with Gasteiger partial charge in [-0.3, -0.25) is 4.90 Å². The van der Waals surface area contributed by atoms with E-state index >= 15 is 0 Å². The first kappa shape index (κ1) is 15.7. The van der Waals surface area contributed by atoms with Crippen LogP contribution in [0.2, 0.25) is 0 Å². The number of nitrogen functional groups attached to an aromatic ring is 1. The van der Waals surface area contributed by atoms with E-state index in [9.17, 15) is 5.11 Å². The molecule has 23 heavy (non-hydrogen) atoms. The van der Waals surface area contributed by atoms with Crippen LogP contribution < -0.4 is 10.6 Å². The Morgan fingerprint density at radius 1 is 1.26 bits per heavy atom. The van der Waals surface area contributed by atoms with E-state index in [1.165, 1.54) is 6.33 Å². The Bertz CT molecular complexity index is 663. The summed E-state index contributed by atoms with van der Waals surface area (Å²) in [5.41, 5.74) is 6.49. The molecule has 0 unspecified atom stereocenters. The van der Waals surface area contributed by atoms with Crippen LogP contribution in [0.5, 0.6) is 0 Å². The van der Waals surface area contributed by atoms with E-state index in [2.05, 4.69) is 31.9 Å². The lowest BCUT2D eigenvalue weighted by Gasteiger charge is -2.50. The normalized spacial score (nSPS) is 24.9. The van der Waals surface area contributed by atoms with Crippen LogP contribution in [0.15, 0.2) is 42.7 Å². The number of anilines is 2. The summed E-state index contributed by atoms with van der Waals surface area (Å²) >= 11 is 0. The lowest BCUT2D eigenvalue weighted by Crippen LogP contribution is -2.60. The summed E-state index contributed by atoms with van der Waals surface area (Å²) in [5, 5.41) is 11.0. The Hall–Kier alpha value is -2.18. The van der Waals surface area contributed by atoms with Gasteiger partial charge < -0.3 is 15.7 Å². The van der Waals surface area contributed by atoms with Crippen molar-refractivity contribution in [2.75, 3.05) is 37.8 Å². The second kappa shape index (κ2) is 6.14. The number of hydrogen-bond donors (Lipinski definition) is 2. The van der Waals surface area contributed by atoms with Gasteiger partial charge in [-0.2, -0.15) is 0 Å². The van der Waals surface area contributed by atoms with Crippen molar-refractivity contribution >= 4 is 11.6 Å². The number of piperidine rings is 1. The van der Waals surface area contributed by atoms with Crippen LogP contribution in [-0.4, -0.2) is 53.3 Å². The third-order valence-electron chi connectivity index (χ3n) is 4.78. The van der Waals surface area contributed by atoms with E-state index in [1.54, 1.807) is 6.07 Å². The molecule has 6 nitrogen and oxygen atoms in total. The lowest BCUT2D eigenvalue weighted by molar-refractivity contribution is -0.0246. The largest absolute Gasteiger partial charge is 0.389 e. The summed E-state index contributed by atoms with van der Waals surface area (Å²) in [6.07, 6.45) is 1.72. The molecule has 2 atom stereocenters. The number of benzene rings is 1. The first-order valence-corrected chi connectivity index (χ1v) is 7.77. The Morgan fingerprint density at radius 2 is 2.00 bits per heavy atom. The summed E-state index contributed by atoms with van der Waals surface area (Å²) in [7, 11) is 4.04. The average molecular weight is 313 g/mol. The number of β-amino-alcohol motifs (C(OH)–C–C–N with tert-alkyl or cyclic N) is 1. The first-order valence-electron chi connectivity index (χ1n) is 7.77. The molecular formula is C17H23N5O. The fourth-order valence-corrected chi connectivity index (χ4v) is 3.51. The fourth-order valence-electron chi connectivity index (χ4n) is 3.51. The van der Waals surface area contributed by atoms with Gasteiger partial charge in [0.05, 0.1) is 11.6 Å². The highest BCUT2D eigenvalue weighted by Gasteiger charge is 2.45. The molecule has 1 fully saturated rings. The van der Waals surface area contributed by atoms with Gasteiger partial charge in [0.2, 0.25) is 0 Å². The minimum Gasteiger partial charge on any atom is -0.389 e. The quantitative estimate of drug-likeness (QED) is 0.883. The number of aliphatic hydroxyl groups excluding tert-OH is 1. The van der Waals surface area contributed by atoms with Crippen molar-refractivity contribution in [3.8, 4) is 0 Å². The molecular weight excluding hydrogens is 290 g/mol. The predicted octanol–water partition coefficient (Wildman–Crippen LogP) is 1.09. The van der Waals surface area contributed by atoms with E-state index in [1.807, 2.05) is 32.3 Å². The summed E-state index contributed by atoms with van der Waals surface area (Å²) in [5.74, 6) is 1.20. The summed E-state index contributed by atoms with van der Waals surface area (Å²) < 4.78 is 0. The van der Waals surface area contributed by atoms with Gasteiger partial charge in [0.15, 0.2) is 0 Å². The Kier molecular flexibility index (Phi) is 4.19. The van der Waals surface area contributed by atoms with Crippen molar-refractivity contribution in [3.63, 3.8) is 0 Å². The van der Waals surface area contributed by atoms with Gasteiger partial charge in [0.25, 0.3) is 0 Å². The minimum absolute atomic E-state index is 0.393. The minimum atomic E-state index is -0.537. The second-order valence-corrected chi connectivity index (χ2v) is 6.20. The van der Waals surface area contributed by atoms with Gasteiger partial charge in [-0.15, -0.1) is 0 Å². The van der Waals surface area contributed by atoms with Crippen LogP contribution in [0.25, 0.3) is 0 Å². The fraction of sp³-hybridized carbons (Fsp3) is 0.412. The SMILES string of the molecule is CN(C)[C@]1(c2ccccc2)CCN(c2cc(N)ncn2)C[C@H]1O. The van der Waals surface area contributed by atoms with Crippen molar-refractivity contribution < 1.29 is 5.11 Å². The average Bonchev–Trinajstić information content (AvgIpc) is 2.55. The maximum atomic E-state index is 11.0. The zero-order valence-corrected chi connectivity index (χ0v) is 13.6. The van der Waals surface area contributed by atoms with Crippen LogP contribution in [0, 0.1) is 0 Å². The van der Waals surface area contributed by atoms with Gasteiger partial charge in [-0.25, -0.2) is 9.97 Å². The molecule has 1 saturated heterocycles. The van der Waals surface area contributed by atoms with Crippen molar-refractivity contribution in [3.05, 3.63) is 48.3 Å². The molecule has 2 aromatic rings. The summed E-state index contributed by atoms with van der Waals surface area (Å²) in [6, 6.07) is 12.0. The monoisotopic (exact) mass is 313 g/mol. The number of rotatable bonds is 3. The molecule has 0 saturated carbocycles. The first-order chi connectivity index (χ1) is 11.0. The summed E-state index contributed by atoms with van der Waals surface area (Å²) in [6.45, 7) is 1.30. The highest BCUT2D eigenvalue weighted by Crippen LogP contribution is 2.38. The molecule has 0 amide bonds. The zero-order valence-electron chi connectivity index (χ0n) is 13.6. The number of nitrogens with zero attached hydrogens (tertiary/aromatic N) is 4. The molecule has 6 heteroatoms. The number of likely N-dealkylation sites (N-methyl/N-ethyl adjacent to an activating group) is 1. The Balaban J connectivity index is 1.89. The summed E-state index contributed by atoms with van der Waals surface area (Å²) in [4.78, 5) is 12.4. The second-order valence-electron chi connectivity index (χ2n) is 6.20. The number of aliphatic hydroxyl groups is 1. The molecule has 0 spiro atoms. The smallest absolute Gasteiger partial charge is 0.134 e. The zero-order chi connectivity index (χ0) is 16.4. The molecule has 0 aliphatic carbocycles. The van der Waals surface area contributed by atoms with Crippen LogP contribution >= 0.6 is 0 Å². The molecule has 0 radical (unpaired) electrons. The molecule has 1 aromatic carbocycles. The third kappa shape index (κ3) is 2.75. The molecule has 1 aliphatic heterocycles. The molecule has 1 aromatic heterocycles. The third-order valence-corrected chi connectivity index (χ3v) is 4.78. The van der Waals surface area contributed by atoms with Crippen LogP contribution in [0.3, 0.4) is 0 Å². The molecule has 3 N–H and O–H groups in total. The molecule has 3 rings (SSSR count). The van der Waals surface area contributed by atoms with Gasteiger partial charge in [0.1, 0.15) is 18.0 Å². The number of hydrogen-bond acceptors (Lipinski definition) is 6. The maximum absolute atomic E-state index is 11.0. The maximum Gasteiger partial charge on any atom is 0.134 e. The molecule has 1 aliphatic rings. The van der Waals surface area contributed by atoms with Crippen molar-refractivity contribution in [2.45, 2.75) is 18.1 Å². The van der Waals surface area contributed by atoms with Gasteiger partial charge in [-0.05, 0) is 26.1 Å². The number of aromatic nitrogens is 2. The van der Waals surface area contributed by atoms with Crippen LogP contribution in [0.4, 0.5) is 11.6 Å². The van der Waals surface area contributed by atoms with E-state index in [0.29, 0.717) is 12.4 Å². The molecule has 2 heterocycles.